The Morgan fingerprint density at radius 3 is 2.74 bits per heavy atom. The minimum Gasteiger partial charge on any atom is -0.398 e. The third-order valence-corrected chi connectivity index (χ3v) is 3.78. The summed E-state index contributed by atoms with van der Waals surface area (Å²) in [6.07, 6.45) is 6.93. The van der Waals surface area contributed by atoms with Gasteiger partial charge < -0.3 is 5.73 Å². The number of pyridine rings is 1. The number of anilines is 1. The van der Waals surface area contributed by atoms with Crippen LogP contribution in [0.2, 0.25) is 0 Å². The number of nitrogen functional groups attached to an aromatic ring is 1. The number of rotatable bonds is 2. The predicted molar refractivity (Wildman–Crippen MR) is 77.0 cm³/mol. The quantitative estimate of drug-likeness (QED) is 0.724. The number of benzene rings is 1. The Morgan fingerprint density at radius 2 is 1.95 bits per heavy atom. The van der Waals surface area contributed by atoms with Crippen molar-refractivity contribution in [3.05, 3.63) is 48.7 Å². The second kappa shape index (κ2) is 4.85. The standard InChI is InChI=1S/C14H12N4S/c1-9-6-10-11(7-18-9)12(15)2-3-13(10)19-14-8-16-4-5-17-14/h2-8H,15H2,1H3. The van der Waals surface area contributed by atoms with Gasteiger partial charge >= 0.3 is 0 Å². The highest BCUT2D eigenvalue weighted by molar-refractivity contribution is 7.99. The van der Waals surface area contributed by atoms with Crippen molar-refractivity contribution in [1.82, 2.24) is 15.0 Å². The molecule has 0 atom stereocenters. The second-order valence-corrected chi connectivity index (χ2v) is 5.23. The van der Waals surface area contributed by atoms with E-state index in [0.717, 1.165) is 32.1 Å². The van der Waals surface area contributed by atoms with Gasteiger partial charge in [0.1, 0.15) is 5.03 Å². The fourth-order valence-corrected chi connectivity index (χ4v) is 2.75. The van der Waals surface area contributed by atoms with Crippen molar-refractivity contribution in [2.75, 3.05) is 5.73 Å². The van der Waals surface area contributed by atoms with Crippen LogP contribution >= 0.6 is 11.8 Å². The Labute approximate surface area is 115 Å². The molecule has 5 heteroatoms. The summed E-state index contributed by atoms with van der Waals surface area (Å²) >= 11 is 1.58. The molecular formula is C14H12N4S. The Kier molecular flexibility index (Phi) is 3.05. The van der Waals surface area contributed by atoms with Crippen LogP contribution in [-0.4, -0.2) is 15.0 Å². The maximum atomic E-state index is 5.99. The van der Waals surface area contributed by atoms with E-state index in [2.05, 4.69) is 15.0 Å². The molecule has 3 rings (SSSR count). The van der Waals surface area contributed by atoms with Gasteiger partial charge in [-0.15, -0.1) is 0 Å². The fourth-order valence-electron chi connectivity index (χ4n) is 1.88. The average molecular weight is 268 g/mol. The molecule has 4 nitrogen and oxygen atoms in total. The molecule has 0 spiro atoms. The Hall–Kier alpha value is -2.14. The van der Waals surface area contributed by atoms with Gasteiger partial charge in [-0.25, -0.2) is 4.98 Å². The topological polar surface area (TPSA) is 64.7 Å². The Bertz CT molecular complexity index is 728. The minimum atomic E-state index is 0.742. The lowest BCUT2D eigenvalue weighted by atomic mass is 10.1. The molecule has 1 aromatic carbocycles. The van der Waals surface area contributed by atoms with Gasteiger partial charge in [-0.3, -0.25) is 9.97 Å². The third-order valence-electron chi connectivity index (χ3n) is 2.79. The van der Waals surface area contributed by atoms with Crippen molar-refractivity contribution in [1.29, 1.82) is 0 Å². The van der Waals surface area contributed by atoms with Gasteiger partial charge in [0.2, 0.25) is 0 Å². The summed E-state index contributed by atoms with van der Waals surface area (Å²) in [6.45, 7) is 1.97. The summed E-state index contributed by atoms with van der Waals surface area (Å²) in [7, 11) is 0. The van der Waals surface area contributed by atoms with Crippen LogP contribution < -0.4 is 5.73 Å². The molecule has 3 aromatic rings. The molecule has 0 fully saturated rings. The van der Waals surface area contributed by atoms with Gasteiger partial charge in [-0.1, -0.05) is 11.8 Å². The second-order valence-electron chi connectivity index (χ2n) is 4.17. The van der Waals surface area contributed by atoms with E-state index >= 15 is 0 Å². The first-order valence-electron chi connectivity index (χ1n) is 5.83. The van der Waals surface area contributed by atoms with Crippen molar-refractivity contribution in [2.45, 2.75) is 16.8 Å². The number of aryl methyl sites for hydroxylation is 1. The van der Waals surface area contributed by atoms with Crippen molar-refractivity contribution in [3.63, 3.8) is 0 Å². The molecule has 0 aliphatic carbocycles. The van der Waals surface area contributed by atoms with Crippen LogP contribution in [0.25, 0.3) is 10.8 Å². The molecule has 0 saturated heterocycles. The molecule has 2 heterocycles. The molecular weight excluding hydrogens is 256 g/mol. The predicted octanol–water partition coefficient (Wildman–Crippen LogP) is 3.07. The van der Waals surface area contributed by atoms with E-state index in [1.807, 2.05) is 31.3 Å². The zero-order valence-corrected chi connectivity index (χ0v) is 11.2. The molecule has 2 N–H and O–H groups in total. The van der Waals surface area contributed by atoms with Crippen LogP contribution in [0.4, 0.5) is 5.69 Å². The largest absolute Gasteiger partial charge is 0.398 e. The number of fused-ring (bicyclic) bond motifs is 1. The van der Waals surface area contributed by atoms with Crippen LogP contribution in [0.5, 0.6) is 0 Å². The highest BCUT2D eigenvalue weighted by atomic mass is 32.2. The lowest BCUT2D eigenvalue weighted by molar-refractivity contribution is 1.06. The molecule has 0 bridgehead atoms. The first kappa shape index (κ1) is 11.9. The molecule has 0 aliphatic rings. The average Bonchev–Trinajstić information content (AvgIpc) is 2.43. The van der Waals surface area contributed by atoms with Crippen LogP contribution in [0.1, 0.15) is 5.69 Å². The molecule has 0 unspecified atom stereocenters. The Balaban J connectivity index is 2.13. The zero-order chi connectivity index (χ0) is 13.2. The summed E-state index contributed by atoms with van der Waals surface area (Å²) in [5, 5.41) is 2.94. The molecule has 19 heavy (non-hydrogen) atoms. The lowest BCUT2D eigenvalue weighted by Crippen LogP contribution is -1.91. The molecule has 0 saturated carbocycles. The number of aromatic nitrogens is 3. The van der Waals surface area contributed by atoms with Gasteiger partial charge in [-0.2, -0.15) is 0 Å². The zero-order valence-electron chi connectivity index (χ0n) is 10.4. The number of hydrogen-bond acceptors (Lipinski definition) is 5. The number of hydrogen-bond donors (Lipinski definition) is 1. The van der Waals surface area contributed by atoms with Gasteiger partial charge in [0.15, 0.2) is 0 Å². The Morgan fingerprint density at radius 1 is 1.05 bits per heavy atom. The van der Waals surface area contributed by atoms with Crippen LogP contribution in [-0.2, 0) is 0 Å². The van der Waals surface area contributed by atoms with E-state index in [1.165, 1.54) is 0 Å². The first-order chi connectivity index (χ1) is 9.24. The monoisotopic (exact) mass is 268 g/mol. The van der Waals surface area contributed by atoms with E-state index in [1.54, 1.807) is 30.4 Å². The number of nitrogens with zero attached hydrogens (tertiary/aromatic N) is 3. The van der Waals surface area contributed by atoms with E-state index in [0.29, 0.717) is 0 Å². The normalized spacial score (nSPS) is 10.8. The van der Waals surface area contributed by atoms with E-state index in [4.69, 9.17) is 5.73 Å². The van der Waals surface area contributed by atoms with Crippen LogP contribution in [0.3, 0.4) is 0 Å². The first-order valence-corrected chi connectivity index (χ1v) is 6.64. The smallest absolute Gasteiger partial charge is 0.119 e. The van der Waals surface area contributed by atoms with Crippen molar-refractivity contribution < 1.29 is 0 Å². The molecule has 0 radical (unpaired) electrons. The SMILES string of the molecule is Cc1cc2c(Sc3cnccn3)ccc(N)c2cn1. The third kappa shape index (κ3) is 2.37. The van der Waals surface area contributed by atoms with Gasteiger partial charge in [0.25, 0.3) is 0 Å². The van der Waals surface area contributed by atoms with Crippen LogP contribution in [0, 0.1) is 6.92 Å². The van der Waals surface area contributed by atoms with Gasteiger partial charge in [0.05, 0.1) is 6.20 Å². The summed E-state index contributed by atoms with van der Waals surface area (Å²) in [4.78, 5) is 13.8. The van der Waals surface area contributed by atoms with Crippen molar-refractivity contribution in [3.8, 4) is 0 Å². The summed E-state index contributed by atoms with van der Waals surface area (Å²) in [5.41, 5.74) is 7.70. The highest BCUT2D eigenvalue weighted by Crippen LogP contribution is 2.34. The van der Waals surface area contributed by atoms with Gasteiger partial charge in [-0.05, 0) is 25.1 Å². The fraction of sp³-hybridized carbons (Fsp3) is 0.0714. The van der Waals surface area contributed by atoms with Crippen molar-refractivity contribution in [2.24, 2.45) is 0 Å². The lowest BCUT2D eigenvalue weighted by Gasteiger charge is -2.08. The highest BCUT2D eigenvalue weighted by Gasteiger charge is 2.07. The van der Waals surface area contributed by atoms with E-state index in [9.17, 15) is 0 Å². The molecule has 2 aromatic heterocycles. The summed E-state index contributed by atoms with van der Waals surface area (Å²) in [6, 6.07) is 5.96. The maximum Gasteiger partial charge on any atom is 0.119 e. The summed E-state index contributed by atoms with van der Waals surface area (Å²) in [5.74, 6) is 0. The van der Waals surface area contributed by atoms with Gasteiger partial charge in [0, 0.05) is 45.6 Å². The molecule has 0 aliphatic heterocycles. The molecule has 94 valence electrons. The maximum absolute atomic E-state index is 5.99. The summed E-state index contributed by atoms with van der Waals surface area (Å²) < 4.78 is 0. The molecule has 0 amide bonds. The van der Waals surface area contributed by atoms with E-state index < -0.39 is 0 Å². The number of nitrogens with two attached hydrogens (primary N) is 1. The van der Waals surface area contributed by atoms with Crippen LogP contribution in [0.15, 0.2) is 52.9 Å². The minimum absolute atomic E-state index is 0.742. The van der Waals surface area contributed by atoms with E-state index in [-0.39, 0.29) is 0 Å². The van der Waals surface area contributed by atoms with Crippen molar-refractivity contribution >= 4 is 28.2 Å².